The first-order chi connectivity index (χ1) is 12.7. The molecule has 2 aromatic rings. The Bertz CT molecular complexity index is 954. The van der Waals surface area contributed by atoms with E-state index in [0.717, 1.165) is 29.2 Å². The van der Waals surface area contributed by atoms with Gasteiger partial charge in [-0.2, -0.15) is 13.2 Å². The van der Waals surface area contributed by atoms with Crippen LogP contribution in [0.2, 0.25) is 0 Å². The van der Waals surface area contributed by atoms with Gasteiger partial charge in [0.2, 0.25) is 5.91 Å². The van der Waals surface area contributed by atoms with E-state index in [2.05, 4.69) is 4.99 Å². The van der Waals surface area contributed by atoms with Crippen molar-refractivity contribution in [2.75, 3.05) is 18.0 Å². The zero-order valence-corrected chi connectivity index (χ0v) is 13.6. The molecule has 9 heteroatoms. The molecule has 0 saturated heterocycles. The molecule has 0 aliphatic carbocycles. The number of hydrogen-bond acceptors (Lipinski definition) is 3. The van der Waals surface area contributed by atoms with E-state index >= 15 is 0 Å². The van der Waals surface area contributed by atoms with Gasteiger partial charge in [-0.3, -0.25) is 19.5 Å². The highest BCUT2D eigenvalue weighted by Crippen LogP contribution is 2.35. The lowest BCUT2D eigenvalue weighted by Gasteiger charge is -2.22. The summed E-state index contributed by atoms with van der Waals surface area (Å²) < 4.78 is 53.7. The molecule has 3 rings (SSSR count). The highest BCUT2D eigenvalue weighted by molar-refractivity contribution is 6.20. The molecule has 0 fully saturated rings. The summed E-state index contributed by atoms with van der Waals surface area (Å²) in [5.41, 5.74) is -1.48. The van der Waals surface area contributed by atoms with Crippen LogP contribution in [0.15, 0.2) is 47.5 Å². The average molecular weight is 380 g/mol. The number of hydrogen-bond donors (Lipinski definition) is 1. The predicted molar refractivity (Wildman–Crippen MR) is 88.3 cm³/mol. The SMILES string of the molecule is O=C(O)CN1C(=O)CN=C(c2ccccc2F)c2cc(C(F)(F)F)ccc21. The molecule has 1 amide bonds. The normalized spacial score (nSPS) is 14.4. The monoisotopic (exact) mass is 380 g/mol. The third kappa shape index (κ3) is 3.67. The highest BCUT2D eigenvalue weighted by atomic mass is 19.4. The Morgan fingerprint density at radius 2 is 1.85 bits per heavy atom. The van der Waals surface area contributed by atoms with Crippen molar-refractivity contribution in [2.45, 2.75) is 6.18 Å². The summed E-state index contributed by atoms with van der Waals surface area (Å²) in [5.74, 6) is -2.79. The van der Waals surface area contributed by atoms with Crippen molar-refractivity contribution >= 4 is 23.3 Å². The Morgan fingerprint density at radius 3 is 2.48 bits per heavy atom. The maximum absolute atomic E-state index is 14.2. The summed E-state index contributed by atoms with van der Waals surface area (Å²) in [6.45, 7) is -1.27. The number of benzene rings is 2. The number of carboxylic acids is 1. The molecule has 0 spiro atoms. The Labute approximate surface area is 150 Å². The number of benzodiazepines with no additional fused rings is 1. The molecule has 0 radical (unpaired) electrons. The molecule has 1 N–H and O–H groups in total. The first-order valence-corrected chi connectivity index (χ1v) is 7.71. The lowest BCUT2D eigenvalue weighted by Crippen LogP contribution is -2.37. The molecule has 0 atom stereocenters. The molecule has 1 heterocycles. The van der Waals surface area contributed by atoms with Crippen LogP contribution in [0.5, 0.6) is 0 Å². The fourth-order valence-corrected chi connectivity index (χ4v) is 2.78. The molecule has 2 aromatic carbocycles. The van der Waals surface area contributed by atoms with E-state index in [1.165, 1.54) is 18.2 Å². The molecular formula is C18H12F4N2O3. The number of aliphatic imine (C=N–C) groups is 1. The van der Waals surface area contributed by atoms with Gasteiger partial charge in [0.15, 0.2) is 0 Å². The number of carboxylic acid groups (broad SMARTS) is 1. The van der Waals surface area contributed by atoms with Crippen molar-refractivity contribution in [3.8, 4) is 0 Å². The lowest BCUT2D eigenvalue weighted by atomic mass is 9.97. The van der Waals surface area contributed by atoms with Crippen molar-refractivity contribution in [1.29, 1.82) is 0 Å². The predicted octanol–water partition coefficient (Wildman–Crippen LogP) is 3.11. The number of rotatable bonds is 3. The van der Waals surface area contributed by atoms with Crippen LogP contribution in [0.1, 0.15) is 16.7 Å². The second-order valence-corrected chi connectivity index (χ2v) is 5.75. The van der Waals surface area contributed by atoms with Gasteiger partial charge >= 0.3 is 12.1 Å². The quantitative estimate of drug-likeness (QED) is 0.832. The fourth-order valence-electron chi connectivity index (χ4n) is 2.78. The number of fused-ring (bicyclic) bond motifs is 1. The van der Waals surface area contributed by atoms with E-state index in [4.69, 9.17) is 5.11 Å². The van der Waals surface area contributed by atoms with E-state index < -0.39 is 42.5 Å². The Morgan fingerprint density at radius 1 is 1.15 bits per heavy atom. The standard InChI is InChI=1S/C18H12F4N2O3/c19-13-4-2-1-3-11(13)17-12-7-10(18(20,21)22)5-6-14(12)24(9-16(26)27)15(25)8-23-17/h1-7H,8-9H2,(H,26,27). The number of halogens is 4. The summed E-state index contributed by atoms with van der Waals surface area (Å²) in [5, 5.41) is 9.04. The van der Waals surface area contributed by atoms with Crippen LogP contribution in [-0.2, 0) is 15.8 Å². The Balaban J connectivity index is 2.26. The van der Waals surface area contributed by atoms with Crippen LogP contribution < -0.4 is 4.90 Å². The van der Waals surface area contributed by atoms with Crippen LogP contribution >= 0.6 is 0 Å². The number of carbonyl (C=O) groups excluding carboxylic acids is 1. The molecule has 27 heavy (non-hydrogen) atoms. The summed E-state index contributed by atoms with van der Waals surface area (Å²) in [4.78, 5) is 28.2. The first-order valence-electron chi connectivity index (χ1n) is 7.71. The van der Waals surface area contributed by atoms with Gasteiger partial charge in [0.05, 0.1) is 17.0 Å². The number of nitrogens with zero attached hydrogens (tertiary/aromatic N) is 2. The molecule has 140 valence electrons. The minimum atomic E-state index is -4.68. The van der Waals surface area contributed by atoms with Gasteiger partial charge < -0.3 is 5.11 Å². The van der Waals surface area contributed by atoms with Gasteiger partial charge in [0.25, 0.3) is 0 Å². The van der Waals surface area contributed by atoms with E-state index in [9.17, 15) is 27.2 Å². The first kappa shape index (κ1) is 18.6. The molecule has 0 bridgehead atoms. The maximum atomic E-state index is 14.2. The van der Waals surface area contributed by atoms with Crippen LogP contribution in [0.4, 0.5) is 23.2 Å². The molecule has 1 aliphatic rings. The lowest BCUT2D eigenvalue weighted by molar-refractivity contribution is -0.138. The van der Waals surface area contributed by atoms with Gasteiger partial charge in [-0.15, -0.1) is 0 Å². The minimum Gasteiger partial charge on any atom is -0.480 e. The van der Waals surface area contributed by atoms with Crippen molar-refractivity contribution in [1.82, 2.24) is 0 Å². The van der Waals surface area contributed by atoms with Crippen LogP contribution in [-0.4, -0.2) is 35.8 Å². The summed E-state index contributed by atoms with van der Waals surface area (Å²) >= 11 is 0. The highest BCUT2D eigenvalue weighted by Gasteiger charge is 2.34. The van der Waals surface area contributed by atoms with Crippen molar-refractivity contribution in [3.63, 3.8) is 0 Å². The van der Waals surface area contributed by atoms with E-state index in [-0.39, 0.29) is 22.5 Å². The van der Waals surface area contributed by atoms with Gasteiger partial charge in [0, 0.05) is 11.1 Å². The fraction of sp³-hybridized carbons (Fsp3) is 0.167. The molecule has 0 saturated carbocycles. The second-order valence-electron chi connectivity index (χ2n) is 5.75. The van der Waals surface area contributed by atoms with Crippen molar-refractivity contribution in [3.05, 3.63) is 65.0 Å². The van der Waals surface area contributed by atoms with Crippen LogP contribution in [0.3, 0.4) is 0 Å². The summed E-state index contributed by atoms with van der Waals surface area (Å²) in [7, 11) is 0. The third-order valence-electron chi connectivity index (χ3n) is 3.97. The maximum Gasteiger partial charge on any atom is 0.416 e. The molecular weight excluding hydrogens is 368 g/mol. The van der Waals surface area contributed by atoms with Gasteiger partial charge in [-0.1, -0.05) is 12.1 Å². The topological polar surface area (TPSA) is 70.0 Å². The average Bonchev–Trinajstić information content (AvgIpc) is 2.72. The molecule has 0 aromatic heterocycles. The summed E-state index contributed by atoms with van der Waals surface area (Å²) in [6.07, 6.45) is -4.68. The van der Waals surface area contributed by atoms with Gasteiger partial charge in [-0.05, 0) is 30.3 Å². The van der Waals surface area contributed by atoms with Crippen LogP contribution in [0, 0.1) is 5.82 Å². The molecule has 1 aliphatic heterocycles. The number of carbonyl (C=O) groups is 2. The number of alkyl halides is 3. The number of anilines is 1. The third-order valence-corrected chi connectivity index (χ3v) is 3.97. The van der Waals surface area contributed by atoms with Crippen molar-refractivity contribution < 1.29 is 32.3 Å². The van der Waals surface area contributed by atoms with E-state index in [1.54, 1.807) is 0 Å². The second kappa shape index (κ2) is 6.82. The van der Waals surface area contributed by atoms with Crippen molar-refractivity contribution in [2.24, 2.45) is 4.99 Å². The molecule has 5 nitrogen and oxygen atoms in total. The van der Waals surface area contributed by atoms with Gasteiger partial charge in [-0.25, -0.2) is 4.39 Å². The smallest absolute Gasteiger partial charge is 0.416 e. The number of amides is 1. The summed E-state index contributed by atoms with van der Waals surface area (Å²) in [6, 6.07) is 7.82. The van der Waals surface area contributed by atoms with Crippen LogP contribution in [0.25, 0.3) is 0 Å². The Hall–Kier alpha value is -3.23. The minimum absolute atomic E-state index is 0.0742. The van der Waals surface area contributed by atoms with Gasteiger partial charge in [0.1, 0.15) is 18.9 Å². The largest absolute Gasteiger partial charge is 0.480 e. The van der Waals surface area contributed by atoms with E-state index in [1.807, 2.05) is 0 Å². The zero-order valence-electron chi connectivity index (χ0n) is 13.6. The Kier molecular flexibility index (Phi) is 4.69. The van der Waals surface area contributed by atoms with E-state index in [0.29, 0.717) is 0 Å². The number of aliphatic carboxylic acids is 1. The molecule has 0 unspecified atom stereocenters. The zero-order chi connectivity index (χ0) is 19.8.